The molecule has 3 rings (SSSR count). The normalized spacial score (nSPS) is 13.4. The molecule has 2 aromatic rings. The number of nitrogens with zero attached hydrogens (tertiary/aromatic N) is 2. The molecule has 0 bridgehead atoms. The van der Waals surface area contributed by atoms with Crippen LogP contribution in [-0.2, 0) is 19.4 Å². The van der Waals surface area contributed by atoms with Crippen LogP contribution in [0.25, 0.3) is 0 Å². The van der Waals surface area contributed by atoms with Gasteiger partial charge < -0.3 is 9.84 Å². The molecule has 1 heterocycles. The van der Waals surface area contributed by atoms with Crippen LogP contribution in [-0.4, -0.2) is 15.3 Å². The van der Waals surface area contributed by atoms with Gasteiger partial charge in [-0.1, -0.05) is 6.07 Å². The third-order valence-corrected chi connectivity index (χ3v) is 3.15. The summed E-state index contributed by atoms with van der Waals surface area (Å²) in [5.41, 5.74) is 3.33. The van der Waals surface area contributed by atoms with E-state index in [4.69, 9.17) is 9.84 Å². The first-order valence-corrected chi connectivity index (χ1v) is 6.08. The summed E-state index contributed by atoms with van der Waals surface area (Å²) < 4.78 is 5.65. The van der Waals surface area contributed by atoms with Gasteiger partial charge in [0, 0.05) is 6.07 Å². The minimum Gasteiger partial charge on any atom is -0.438 e. The maximum absolute atomic E-state index is 8.88. The zero-order valence-electron chi connectivity index (χ0n) is 9.97. The summed E-state index contributed by atoms with van der Waals surface area (Å²) in [5.74, 6) is 1.24. The first-order valence-electron chi connectivity index (χ1n) is 6.08. The van der Waals surface area contributed by atoms with Crippen LogP contribution in [0.4, 0.5) is 0 Å². The van der Waals surface area contributed by atoms with Crippen LogP contribution in [0, 0.1) is 0 Å². The van der Waals surface area contributed by atoms with Crippen LogP contribution in [0.1, 0.15) is 23.2 Å². The van der Waals surface area contributed by atoms with E-state index >= 15 is 0 Å². The Balaban J connectivity index is 1.79. The molecule has 1 aliphatic rings. The van der Waals surface area contributed by atoms with Crippen molar-refractivity contribution in [3.8, 4) is 11.6 Å². The highest BCUT2D eigenvalue weighted by atomic mass is 16.5. The monoisotopic (exact) mass is 242 g/mol. The molecule has 1 aromatic heterocycles. The summed E-state index contributed by atoms with van der Waals surface area (Å²) in [6.45, 7) is -0.105. The van der Waals surface area contributed by atoms with Crippen molar-refractivity contribution < 1.29 is 9.84 Å². The Morgan fingerprint density at radius 3 is 2.72 bits per heavy atom. The fourth-order valence-corrected chi connectivity index (χ4v) is 2.22. The summed E-state index contributed by atoms with van der Waals surface area (Å²) in [6, 6.07) is 9.57. The van der Waals surface area contributed by atoms with Crippen LogP contribution in [0.2, 0.25) is 0 Å². The zero-order chi connectivity index (χ0) is 12.4. The lowest BCUT2D eigenvalue weighted by Crippen LogP contribution is -1.95. The van der Waals surface area contributed by atoms with Gasteiger partial charge in [0.05, 0.1) is 12.3 Å². The van der Waals surface area contributed by atoms with Gasteiger partial charge >= 0.3 is 0 Å². The summed E-state index contributed by atoms with van der Waals surface area (Å²) in [6.07, 6.45) is 3.52. The smallest absolute Gasteiger partial charge is 0.238 e. The van der Waals surface area contributed by atoms with E-state index in [9.17, 15) is 0 Å². The van der Waals surface area contributed by atoms with Crippen LogP contribution in [0.5, 0.6) is 11.6 Å². The number of aromatic nitrogens is 2. The number of fused-ring (bicyclic) bond motifs is 1. The van der Waals surface area contributed by atoms with Crippen molar-refractivity contribution >= 4 is 0 Å². The van der Waals surface area contributed by atoms with Gasteiger partial charge in [-0.15, -0.1) is 10.2 Å². The maximum Gasteiger partial charge on any atom is 0.238 e. The highest BCUT2D eigenvalue weighted by molar-refractivity contribution is 5.39. The fraction of sp³-hybridized carbons (Fsp3) is 0.286. The predicted molar refractivity (Wildman–Crippen MR) is 66.5 cm³/mol. The van der Waals surface area contributed by atoms with Crippen LogP contribution in [0.15, 0.2) is 30.3 Å². The highest BCUT2D eigenvalue weighted by Gasteiger charge is 2.11. The van der Waals surface area contributed by atoms with Crippen LogP contribution < -0.4 is 4.74 Å². The first-order chi connectivity index (χ1) is 8.85. The molecule has 1 aliphatic carbocycles. The largest absolute Gasteiger partial charge is 0.438 e. The van der Waals surface area contributed by atoms with Crippen molar-refractivity contribution in [1.29, 1.82) is 0 Å². The van der Waals surface area contributed by atoms with Crippen LogP contribution in [0.3, 0.4) is 0 Å². The molecule has 0 atom stereocenters. The second kappa shape index (κ2) is 4.74. The molecule has 0 radical (unpaired) electrons. The van der Waals surface area contributed by atoms with Gasteiger partial charge in [-0.2, -0.15) is 0 Å². The Bertz CT molecular complexity index is 552. The molecule has 1 N–H and O–H groups in total. The van der Waals surface area contributed by atoms with Gasteiger partial charge in [0.1, 0.15) is 5.75 Å². The topological polar surface area (TPSA) is 55.2 Å². The number of rotatable bonds is 3. The molecule has 4 heteroatoms. The number of hydrogen-bond donors (Lipinski definition) is 1. The Morgan fingerprint density at radius 1 is 1.06 bits per heavy atom. The lowest BCUT2D eigenvalue weighted by molar-refractivity contribution is 0.274. The number of benzene rings is 1. The molecule has 18 heavy (non-hydrogen) atoms. The Hall–Kier alpha value is -1.94. The van der Waals surface area contributed by atoms with Crippen molar-refractivity contribution in [2.24, 2.45) is 0 Å². The van der Waals surface area contributed by atoms with Crippen molar-refractivity contribution in [3.05, 3.63) is 47.2 Å². The summed E-state index contributed by atoms with van der Waals surface area (Å²) >= 11 is 0. The average molecular weight is 242 g/mol. The standard InChI is InChI=1S/C14H14N2O2/c17-9-12-5-7-14(16-15-12)18-13-6-4-10-2-1-3-11(10)8-13/h4-8,17H,1-3,9H2. The molecule has 0 fully saturated rings. The second-order valence-electron chi connectivity index (χ2n) is 4.41. The SMILES string of the molecule is OCc1ccc(Oc2ccc3c(c2)CCC3)nn1. The van der Waals surface area contributed by atoms with E-state index in [0.29, 0.717) is 11.6 Å². The second-order valence-corrected chi connectivity index (χ2v) is 4.41. The van der Waals surface area contributed by atoms with E-state index in [-0.39, 0.29) is 6.61 Å². The quantitative estimate of drug-likeness (QED) is 0.896. The number of hydrogen-bond acceptors (Lipinski definition) is 4. The molecule has 0 unspecified atom stereocenters. The Labute approximate surface area is 105 Å². The van der Waals surface area contributed by atoms with Crippen molar-refractivity contribution in [2.45, 2.75) is 25.9 Å². The molecule has 0 amide bonds. The van der Waals surface area contributed by atoms with Gasteiger partial charge in [-0.05, 0) is 48.6 Å². The predicted octanol–water partition coefficient (Wildman–Crippen LogP) is 2.25. The maximum atomic E-state index is 8.88. The highest BCUT2D eigenvalue weighted by Crippen LogP contribution is 2.28. The van der Waals surface area contributed by atoms with Gasteiger partial charge in [0.15, 0.2) is 0 Å². The number of aliphatic hydroxyl groups excluding tert-OH is 1. The lowest BCUT2D eigenvalue weighted by Gasteiger charge is -2.06. The van der Waals surface area contributed by atoms with Crippen molar-refractivity contribution in [1.82, 2.24) is 10.2 Å². The average Bonchev–Trinajstić information content (AvgIpc) is 2.87. The third-order valence-electron chi connectivity index (χ3n) is 3.15. The minimum atomic E-state index is -0.105. The molecule has 0 aliphatic heterocycles. The molecule has 0 saturated heterocycles. The van der Waals surface area contributed by atoms with Crippen LogP contribution >= 0.6 is 0 Å². The molecular weight excluding hydrogens is 228 g/mol. The summed E-state index contributed by atoms with van der Waals surface area (Å²) in [4.78, 5) is 0. The molecule has 0 spiro atoms. The van der Waals surface area contributed by atoms with E-state index in [1.54, 1.807) is 12.1 Å². The molecule has 4 nitrogen and oxygen atoms in total. The van der Waals surface area contributed by atoms with Gasteiger partial charge in [0.2, 0.25) is 5.88 Å². The molecular formula is C14H14N2O2. The lowest BCUT2D eigenvalue weighted by atomic mass is 10.1. The Kier molecular flexibility index (Phi) is 2.94. The Morgan fingerprint density at radius 2 is 1.94 bits per heavy atom. The van der Waals surface area contributed by atoms with Crippen molar-refractivity contribution in [2.75, 3.05) is 0 Å². The van der Waals surface area contributed by atoms with E-state index in [1.807, 2.05) is 6.07 Å². The fourth-order valence-electron chi connectivity index (χ4n) is 2.22. The number of aliphatic hydroxyl groups is 1. The molecule has 0 saturated carbocycles. The third kappa shape index (κ3) is 2.19. The summed E-state index contributed by atoms with van der Waals surface area (Å²) in [5, 5.41) is 16.6. The van der Waals surface area contributed by atoms with E-state index in [2.05, 4.69) is 22.3 Å². The van der Waals surface area contributed by atoms with E-state index in [1.165, 1.54) is 24.0 Å². The minimum absolute atomic E-state index is 0.105. The number of aryl methyl sites for hydroxylation is 2. The van der Waals surface area contributed by atoms with Gasteiger partial charge in [-0.3, -0.25) is 0 Å². The molecule has 92 valence electrons. The van der Waals surface area contributed by atoms with Gasteiger partial charge in [0.25, 0.3) is 0 Å². The van der Waals surface area contributed by atoms with Crippen molar-refractivity contribution in [3.63, 3.8) is 0 Å². The van der Waals surface area contributed by atoms with E-state index in [0.717, 1.165) is 12.2 Å². The first kappa shape index (κ1) is 11.2. The summed E-state index contributed by atoms with van der Waals surface area (Å²) in [7, 11) is 0. The molecule has 1 aromatic carbocycles. The van der Waals surface area contributed by atoms with E-state index < -0.39 is 0 Å². The zero-order valence-corrected chi connectivity index (χ0v) is 9.97. The number of ether oxygens (including phenoxy) is 1. The van der Waals surface area contributed by atoms with Gasteiger partial charge in [-0.25, -0.2) is 0 Å².